The SMILES string of the molecule is O=c1c(OS(=O)(=O)O)c(-c2ccc(OS(=O)(=O)O)c(OS(=O)(=O)O)c2)oc2cc(OS(=O)(=O)O)cc(OCCCCOc3cc(OS(=O)(=O)O)cc4oc(-c5ccc(OS(=O)(=O)O)c(OS(=O)(=O)O)c5)c(OS(=O)(=O)O)c(=O)c34)c12. The predicted octanol–water partition coefficient (Wildman–Crippen LogP) is 0.924. The van der Waals surface area contributed by atoms with Gasteiger partial charge in [0.05, 0.1) is 13.2 Å². The smallest absolute Gasteiger partial charge is 0.446 e. The molecule has 80 heavy (non-hydrogen) atoms. The lowest BCUT2D eigenvalue weighted by atomic mass is 10.1. The van der Waals surface area contributed by atoms with Gasteiger partial charge < -0.3 is 51.8 Å². The maximum Gasteiger partial charge on any atom is 0.446 e. The Morgan fingerprint density at radius 1 is 0.338 bits per heavy atom. The van der Waals surface area contributed by atoms with Gasteiger partial charge in [-0.15, -0.1) is 0 Å². The first kappa shape index (κ1) is 61.8. The first-order valence-corrected chi connectivity index (χ1v) is 30.5. The van der Waals surface area contributed by atoms with Crippen LogP contribution in [0.25, 0.3) is 44.6 Å². The zero-order chi connectivity index (χ0) is 59.9. The van der Waals surface area contributed by atoms with Crippen LogP contribution in [0.5, 0.6) is 57.5 Å². The highest BCUT2D eigenvalue weighted by Crippen LogP contribution is 2.43. The number of hydrogen-bond acceptors (Lipinski definition) is 30. The molecule has 0 aliphatic rings. The summed E-state index contributed by atoms with van der Waals surface area (Å²) in [5.41, 5.74) is -6.65. The van der Waals surface area contributed by atoms with Gasteiger partial charge in [-0.05, 0) is 49.2 Å². The number of rotatable bonds is 25. The molecule has 0 saturated heterocycles. The summed E-state index contributed by atoms with van der Waals surface area (Å²) >= 11 is 0. The van der Waals surface area contributed by atoms with Crippen molar-refractivity contribution in [3.8, 4) is 80.1 Å². The average molecular weight is 1300 g/mol. The Hall–Kier alpha value is -7.42. The van der Waals surface area contributed by atoms with Gasteiger partial charge in [-0.3, -0.25) is 46.0 Å². The van der Waals surface area contributed by atoms with E-state index in [1.165, 1.54) is 0 Å². The van der Waals surface area contributed by atoms with Gasteiger partial charge in [-0.2, -0.15) is 67.3 Å². The Bertz CT molecular complexity index is 4280. The van der Waals surface area contributed by atoms with Gasteiger partial charge in [0.1, 0.15) is 33.4 Å². The van der Waals surface area contributed by atoms with Crippen LogP contribution in [-0.2, 0) is 83.2 Å². The van der Waals surface area contributed by atoms with Crippen molar-refractivity contribution in [1.82, 2.24) is 0 Å². The van der Waals surface area contributed by atoms with Crippen LogP contribution in [-0.4, -0.2) is 117 Å². The maximum atomic E-state index is 14.1. The highest BCUT2D eigenvalue weighted by atomic mass is 32.3. The van der Waals surface area contributed by atoms with Crippen molar-refractivity contribution in [3.05, 3.63) is 81.1 Å². The molecule has 0 atom stereocenters. The lowest BCUT2D eigenvalue weighted by molar-refractivity contribution is 0.268. The van der Waals surface area contributed by atoms with Crippen molar-refractivity contribution in [1.29, 1.82) is 0 Å². The third kappa shape index (κ3) is 17.5. The molecule has 38 nitrogen and oxygen atoms in total. The van der Waals surface area contributed by atoms with Gasteiger partial charge >= 0.3 is 83.2 Å². The predicted molar refractivity (Wildman–Crippen MR) is 253 cm³/mol. The zero-order valence-electron chi connectivity index (χ0n) is 37.7. The maximum absolute atomic E-state index is 14.1. The van der Waals surface area contributed by atoms with E-state index in [-0.39, 0.29) is 12.8 Å². The topological polar surface area (TPSA) is 588 Å². The Balaban J connectivity index is 1.40. The van der Waals surface area contributed by atoms with Crippen molar-refractivity contribution in [3.63, 3.8) is 0 Å². The summed E-state index contributed by atoms with van der Waals surface area (Å²) in [6.45, 7) is -1.31. The molecule has 2 aromatic heterocycles. The van der Waals surface area contributed by atoms with Crippen LogP contribution in [0.2, 0.25) is 0 Å². The molecule has 46 heteroatoms. The standard InChI is InChI=1S/C34H26O38S8/c35-29-27-23(11-17(65-73(37,38)39)13-25(27)63-31(33(29)71-79(55,56)57)15-3-5-19(67-75(43,44)45)21(9-15)69-77(49,50)51)61-7-1-2-8-62-24-12-18(66-74(40,41)42)14-26-28(24)30(36)34(72-80(58,59)60)32(64-26)16-4-6-20(68-76(46,47)48)22(10-16)70-78(52,53)54/h3-6,9-14H,1-2,7-8H2,(H,37,38,39)(H,40,41,42)(H,43,44,45)(H,46,47,48)(H,49,50,51)(H,52,53,54)(H,55,56,57)(H,58,59,60). The molecule has 6 aromatic rings. The fourth-order valence-electron chi connectivity index (χ4n) is 6.38. The number of benzene rings is 4. The second-order valence-corrected chi connectivity index (χ2v) is 22.8. The van der Waals surface area contributed by atoms with E-state index < -0.39 is 209 Å². The first-order chi connectivity index (χ1) is 36.4. The number of ether oxygens (including phenoxy) is 2. The lowest BCUT2D eigenvalue weighted by Gasteiger charge is -2.15. The lowest BCUT2D eigenvalue weighted by Crippen LogP contribution is -2.17. The van der Waals surface area contributed by atoms with E-state index in [1.807, 2.05) is 0 Å². The van der Waals surface area contributed by atoms with Crippen molar-refractivity contribution < 1.29 is 156 Å². The zero-order valence-corrected chi connectivity index (χ0v) is 44.2. The fraction of sp³-hybridized carbons (Fsp3) is 0.118. The molecular formula is C34H26O38S8. The van der Waals surface area contributed by atoms with Crippen LogP contribution in [0, 0.1) is 0 Å². The van der Waals surface area contributed by atoms with E-state index in [1.54, 1.807) is 0 Å². The monoisotopic (exact) mass is 1300 g/mol. The van der Waals surface area contributed by atoms with Gasteiger partial charge in [0.2, 0.25) is 22.4 Å². The molecule has 0 fully saturated rings. The number of fused-ring (bicyclic) bond motifs is 2. The number of hydrogen-bond donors (Lipinski definition) is 8. The van der Waals surface area contributed by atoms with Crippen molar-refractivity contribution in [2.75, 3.05) is 13.2 Å². The molecule has 0 aliphatic heterocycles. The summed E-state index contributed by atoms with van der Waals surface area (Å²) in [7, 11) is -44.6. The van der Waals surface area contributed by atoms with E-state index in [0.717, 1.165) is 0 Å². The van der Waals surface area contributed by atoms with Crippen molar-refractivity contribution in [2.45, 2.75) is 12.8 Å². The number of unbranched alkanes of at least 4 members (excludes halogenated alkanes) is 1. The molecular weight excluding hydrogens is 1270 g/mol. The van der Waals surface area contributed by atoms with Gasteiger partial charge in [0, 0.05) is 35.4 Å². The average Bonchev–Trinajstić information content (AvgIpc) is 3.30. The third-order valence-corrected chi connectivity index (χ3v) is 11.9. The molecule has 4 aromatic carbocycles. The van der Waals surface area contributed by atoms with E-state index >= 15 is 0 Å². The minimum absolute atomic E-state index is 0.308. The summed E-state index contributed by atoms with van der Waals surface area (Å²) < 4.78 is 318. The van der Waals surface area contributed by atoms with E-state index in [4.69, 9.17) is 27.4 Å². The van der Waals surface area contributed by atoms with Crippen LogP contribution in [0.1, 0.15) is 12.8 Å². The molecule has 0 saturated carbocycles. The van der Waals surface area contributed by atoms with E-state index in [0.29, 0.717) is 60.7 Å². The minimum atomic E-state index is -5.77. The largest absolute Gasteiger partial charge is 0.493 e. The third-order valence-electron chi connectivity index (χ3n) is 8.81. The van der Waals surface area contributed by atoms with E-state index in [9.17, 15) is 104 Å². The van der Waals surface area contributed by atoms with Gasteiger partial charge in [-0.25, -0.2) is 0 Å². The van der Waals surface area contributed by atoms with Crippen LogP contribution in [0.15, 0.2) is 79.1 Å². The Kier molecular flexibility index (Phi) is 17.2. The van der Waals surface area contributed by atoms with Crippen LogP contribution < -0.4 is 53.8 Å². The molecule has 8 N–H and O–H groups in total. The van der Waals surface area contributed by atoms with Crippen LogP contribution in [0.3, 0.4) is 0 Å². The molecule has 0 spiro atoms. The normalized spacial score (nSPS) is 12.8. The molecule has 2 heterocycles. The second kappa shape index (κ2) is 22.3. The first-order valence-electron chi connectivity index (χ1n) is 19.6. The quantitative estimate of drug-likeness (QED) is 0.0292. The molecule has 0 radical (unpaired) electrons. The second-order valence-electron chi connectivity index (χ2n) is 14.6. The molecule has 0 amide bonds. The highest BCUT2D eigenvalue weighted by molar-refractivity contribution is 7.83. The molecule has 6 rings (SSSR count). The molecule has 0 aliphatic carbocycles. The summed E-state index contributed by atoms with van der Waals surface area (Å²) in [6.07, 6.45) is -0.616. The molecule has 0 unspecified atom stereocenters. The van der Waals surface area contributed by atoms with Gasteiger partial charge in [0.25, 0.3) is 0 Å². The Morgan fingerprint density at radius 3 is 0.912 bits per heavy atom. The van der Waals surface area contributed by atoms with Crippen molar-refractivity contribution in [2.24, 2.45) is 0 Å². The fourth-order valence-corrected chi connectivity index (χ4v) is 9.23. The summed E-state index contributed by atoms with van der Waals surface area (Å²) in [5, 5.41) is -1.82. The van der Waals surface area contributed by atoms with Crippen LogP contribution >= 0.6 is 0 Å². The summed E-state index contributed by atoms with van der Waals surface area (Å²) in [6, 6.07) is 5.20. The van der Waals surface area contributed by atoms with Crippen molar-refractivity contribution >= 4 is 105 Å². The minimum Gasteiger partial charge on any atom is -0.493 e. The summed E-state index contributed by atoms with van der Waals surface area (Å²) in [5.74, 6) is -14.0. The highest BCUT2D eigenvalue weighted by Gasteiger charge is 2.31. The van der Waals surface area contributed by atoms with E-state index in [2.05, 4.69) is 33.5 Å². The van der Waals surface area contributed by atoms with Gasteiger partial charge in [-0.1, -0.05) is 0 Å². The van der Waals surface area contributed by atoms with Gasteiger partial charge in [0.15, 0.2) is 46.0 Å². The molecule has 0 bridgehead atoms. The molecule has 438 valence electrons. The Morgan fingerprint density at radius 2 is 0.625 bits per heavy atom. The van der Waals surface area contributed by atoms with Crippen LogP contribution in [0.4, 0.5) is 0 Å². The summed E-state index contributed by atoms with van der Waals surface area (Å²) in [4.78, 5) is 28.1. The Labute approximate surface area is 445 Å².